The lowest BCUT2D eigenvalue weighted by Gasteiger charge is -2.09. The van der Waals surface area contributed by atoms with Gasteiger partial charge in [-0.15, -0.1) is 0 Å². The molecule has 5 heteroatoms. The van der Waals surface area contributed by atoms with Gasteiger partial charge in [0.25, 0.3) is 0 Å². The van der Waals surface area contributed by atoms with Crippen LogP contribution in [0.25, 0.3) is 0 Å². The third kappa shape index (κ3) is 10.2. The highest BCUT2D eigenvalue weighted by molar-refractivity contribution is 5.87. The molecule has 0 aliphatic carbocycles. The first-order chi connectivity index (χ1) is 11.4. The number of alkyl halides is 2. The van der Waals surface area contributed by atoms with E-state index in [2.05, 4.69) is 5.32 Å². The lowest BCUT2D eigenvalue weighted by molar-refractivity contribution is 0.0103. The SMILES string of the molecule is CC(F)(F)CCCCCCCCCCNc1ccc(C(=O)O)cc1. The van der Waals surface area contributed by atoms with Crippen LogP contribution in [0, 0.1) is 0 Å². The molecule has 0 saturated carbocycles. The van der Waals surface area contributed by atoms with Gasteiger partial charge in [-0.25, -0.2) is 13.6 Å². The van der Waals surface area contributed by atoms with E-state index in [1.807, 2.05) is 0 Å². The highest BCUT2D eigenvalue weighted by Gasteiger charge is 2.19. The summed E-state index contributed by atoms with van der Waals surface area (Å²) in [5, 5.41) is 12.1. The highest BCUT2D eigenvalue weighted by Crippen LogP contribution is 2.21. The predicted molar refractivity (Wildman–Crippen MR) is 94.1 cm³/mol. The number of hydrogen-bond acceptors (Lipinski definition) is 2. The average molecular weight is 341 g/mol. The first-order valence-electron chi connectivity index (χ1n) is 8.83. The summed E-state index contributed by atoms with van der Waals surface area (Å²) >= 11 is 0. The van der Waals surface area contributed by atoms with Crippen molar-refractivity contribution in [1.82, 2.24) is 0 Å². The molecule has 1 aromatic carbocycles. The molecular formula is C19H29F2NO2. The third-order valence-corrected chi connectivity index (χ3v) is 4.00. The molecular weight excluding hydrogens is 312 g/mol. The Morgan fingerprint density at radius 2 is 1.46 bits per heavy atom. The molecule has 3 nitrogen and oxygen atoms in total. The van der Waals surface area contributed by atoms with E-state index >= 15 is 0 Å². The molecule has 0 spiro atoms. The largest absolute Gasteiger partial charge is 0.478 e. The predicted octanol–water partition coefficient (Wildman–Crippen LogP) is 5.96. The number of aromatic carboxylic acids is 1. The van der Waals surface area contributed by atoms with Gasteiger partial charge >= 0.3 is 5.97 Å². The second-order valence-corrected chi connectivity index (χ2v) is 6.46. The number of hydrogen-bond donors (Lipinski definition) is 2. The van der Waals surface area contributed by atoms with E-state index < -0.39 is 11.9 Å². The molecule has 0 unspecified atom stereocenters. The molecule has 1 rings (SSSR count). The molecule has 0 amide bonds. The van der Waals surface area contributed by atoms with Gasteiger partial charge in [-0.1, -0.05) is 38.5 Å². The quantitative estimate of drug-likeness (QED) is 0.435. The van der Waals surface area contributed by atoms with Crippen LogP contribution in [0.2, 0.25) is 0 Å². The monoisotopic (exact) mass is 341 g/mol. The van der Waals surface area contributed by atoms with Gasteiger partial charge in [0.1, 0.15) is 0 Å². The fourth-order valence-electron chi connectivity index (χ4n) is 2.58. The zero-order chi connectivity index (χ0) is 17.8. The van der Waals surface area contributed by atoms with Crippen LogP contribution < -0.4 is 5.32 Å². The molecule has 0 aliphatic heterocycles. The molecule has 0 heterocycles. The van der Waals surface area contributed by atoms with Crippen LogP contribution in [-0.4, -0.2) is 23.5 Å². The number of carboxylic acids is 1. The van der Waals surface area contributed by atoms with E-state index in [1.165, 1.54) is 6.42 Å². The van der Waals surface area contributed by atoms with E-state index in [0.29, 0.717) is 12.0 Å². The number of carboxylic acid groups (broad SMARTS) is 1. The maximum absolute atomic E-state index is 12.6. The van der Waals surface area contributed by atoms with Crippen LogP contribution in [0.1, 0.15) is 75.1 Å². The number of benzene rings is 1. The topological polar surface area (TPSA) is 49.3 Å². The van der Waals surface area contributed by atoms with E-state index in [9.17, 15) is 13.6 Å². The second-order valence-electron chi connectivity index (χ2n) is 6.46. The van der Waals surface area contributed by atoms with Gasteiger partial charge < -0.3 is 10.4 Å². The lowest BCUT2D eigenvalue weighted by Crippen LogP contribution is -2.08. The summed E-state index contributed by atoms with van der Waals surface area (Å²) in [7, 11) is 0. The van der Waals surface area contributed by atoms with Gasteiger partial charge in [0, 0.05) is 18.7 Å². The van der Waals surface area contributed by atoms with Crippen molar-refractivity contribution in [3.05, 3.63) is 29.8 Å². The van der Waals surface area contributed by atoms with Crippen LogP contribution in [0.15, 0.2) is 24.3 Å². The molecule has 0 bridgehead atoms. The summed E-state index contributed by atoms with van der Waals surface area (Å²) in [5.41, 5.74) is 1.23. The number of rotatable bonds is 13. The van der Waals surface area contributed by atoms with Crippen molar-refractivity contribution < 1.29 is 18.7 Å². The molecule has 0 radical (unpaired) electrons. The minimum Gasteiger partial charge on any atom is -0.478 e. The van der Waals surface area contributed by atoms with Gasteiger partial charge in [0.15, 0.2) is 0 Å². The highest BCUT2D eigenvalue weighted by atomic mass is 19.3. The van der Waals surface area contributed by atoms with E-state index in [1.54, 1.807) is 24.3 Å². The molecule has 0 aromatic heterocycles. The van der Waals surface area contributed by atoms with Gasteiger partial charge in [-0.3, -0.25) is 0 Å². The van der Waals surface area contributed by atoms with Gasteiger partial charge in [0.2, 0.25) is 5.92 Å². The molecule has 0 fully saturated rings. The minimum atomic E-state index is -2.51. The first kappa shape index (κ1) is 20.4. The zero-order valence-electron chi connectivity index (χ0n) is 14.5. The minimum absolute atomic E-state index is 0.00607. The maximum Gasteiger partial charge on any atom is 0.335 e. The van der Waals surface area contributed by atoms with Crippen molar-refractivity contribution >= 4 is 11.7 Å². The molecule has 0 atom stereocenters. The average Bonchev–Trinajstić information content (AvgIpc) is 2.52. The summed E-state index contributed by atoms with van der Waals surface area (Å²) in [4.78, 5) is 10.7. The summed E-state index contributed by atoms with van der Waals surface area (Å²) in [6.07, 6.45) is 8.25. The van der Waals surface area contributed by atoms with Crippen LogP contribution in [-0.2, 0) is 0 Å². The number of anilines is 1. The summed E-state index contributed by atoms with van der Waals surface area (Å²) in [5.74, 6) is -3.43. The molecule has 2 N–H and O–H groups in total. The summed E-state index contributed by atoms with van der Waals surface area (Å²) in [6, 6.07) is 6.75. The van der Waals surface area contributed by atoms with Crippen molar-refractivity contribution in [3.8, 4) is 0 Å². The van der Waals surface area contributed by atoms with Crippen molar-refractivity contribution in [2.45, 2.75) is 70.6 Å². The molecule has 1 aromatic rings. The molecule has 24 heavy (non-hydrogen) atoms. The van der Waals surface area contributed by atoms with Crippen LogP contribution in [0.3, 0.4) is 0 Å². The van der Waals surface area contributed by atoms with E-state index in [0.717, 1.165) is 57.7 Å². The Balaban J connectivity index is 1.93. The molecule has 0 aliphatic rings. The van der Waals surface area contributed by atoms with Gasteiger partial charge in [0.05, 0.1) is 5.56 Å². The Bertz CT molecular complexity index is 469. The van der Waals surface area contributed by atoms with Crippen molar-refractivity contribution in [3.63, 3.8) is 0 Å². The standard InChI is InChI=1S/C19H29F2NO2/c1-19(20,21)14-8-6-4-2-3-5-7-9-15-22-17-12-10-16(11-13-17)18(23)24/h10-13,22H,2-9,14-15H2,1H3,(H,23,24). The fourth-order valence-corrected chi connectivity index (χ4v) is 2.58. The Hall–Kier alpha value is -1.65. The number of carbonyl (C=O) groups is 1. The Kier molecular flexibility index (Phi) is 9.35. The maximum atomic E-state index is 12.6. The summed E-state index contributed by atoms with van der Waals surface area (Å²) < 4.78 is 25.2. The van der Waals surface area contributed by atoms with Gasteiger partial charge in [-0.2, -0.15) is 0 Å². The van der Waals surface area contributed by atoms with E-state index in [4.69, 9.17) is 5.11 Å². The lowest BCUT2D eigenvalue weighted by atomic mass is 10.1. The number of halogens is 2. The van der Waals surface area contributed by atoms with Crippen molar-refractivity contribution in [2.24, 2.45) is 0 Å². The van der Waals surface area contributed by atoms with Crippen molar-refractivity contribution in [1.29, 1.82) is 0 Å². The Morgan fingerprint density at radius 3 is 1.96 bits per heavy atom. The third-order valence-electron chi connectivity index (χ3n) is 4.00. The number of nitrogens with one attached hydrogen (secondary N) is 1. The molecule has 136 valence electrons. The fraction of sp³-hybridized carbons (Fsp3) is 0.632. The Labute approximate surface area is 143 Å². The van der Waals surface area contributed by atoms with Crippen LogP contribution in [0.5, 0.6) is 0 Å². The normalized spacial score (nSPS) is 11.5. The first-order valence-corrected chi connectivity index (χ1v) is 8.83. The second kappa shape index (κ2) is 11.0. The molecule has 0 saturated heterocycles. The van der Waals surface area contributed by atoms with Crippen LogP contribution in [0.4, 0.5) is 14.5 Å². The van der Waals surface area contributed by atoms with Crippen molar-refractivity contribution in [2.75, 3.05) is 11.9 Å². The number of unbranched alkanes of at least 4 members (excludes halogenated alkanes) is 7. The van der Waals surface area contributed by atoms with Crippen LogP contribution >= 0.6 is 0 Å². The van der Waals surface area contributed by atoms with Gasteiger partial charge in [-0.05, 0) is 44.0 Å². The zero-order valence-corrected chi connectivity index (χ0v) is 14.5. The van der Waals surface area contributed by atoms with E-state index in [-0.39, 0.29) is 6.42 Å². The Morgan fingerprint density at radius 1 is 0.958 bits per heavy atom. The smallest absolute Gasteiger partial charge is 0.335 e. The summed E-state index contributed by atoms with van der Waals surface area (Å²) in [6.45, 7) is 1.86.